The number of aliphatic hydroxyl groups is 1. The van der Waals surface area contributed by atoms with Gasteiger partial charge in [-0.1, -0.05) is 60.7 Å². The van der Waals surface area contributed by atoms with E-state index in [-0.39, 0.29) is 12.6 Å². The van der Waals surface area contributed by atoms with E-state index in [0.717, 1.165) is 11.1 Å². The lowest BCUT2D eigenvalue weighted by Gasteiger charge is -2.40. The van der Waals surface area contributed by atoms with Crippen molar-refractivity contribution in [2.75, 3.05) is 32.7 Å². The van der Waals surface area contributed by atoms with Crippen LogP contribution in [0, 0.1) is 0 Å². The summed E-state index contributed by atoms with van der Waals surface area (Å²) in [5, 5.41) is 9.37. The summed E-state index contributed by atoms with van der Waals surface area (Å²) >= 11 is 0. The fraction of sp³-hybridized carbons (Fsp3) is 0.455. The second-order valence-electron chi connectivity index (χ2n) is 7.53. The van der Waals surface area contributed by atoms with E-state index >= 15 is 0 Å². The predicted octanol–water partition coefficient (Wildman–Crippen LogP) is 4.34. The summed E-state index contributed by atoms with van der Waals surface area (Å²) in [4.78, 5) is 4.10. The van der Waals surface area contributed by atoms with Crippen molar-refractivity contribution in [1.82, 2.24) is 9.80 Å². The van der Waals surface area contributed by atoms with Gasteiger partial charge in [0, 0.05) is 32.7 Å². The van der Waals surface area contributed by atoms with E-state index in [4.69, 9.17) is 0 Å². The van der Waals surface area contributed by atoms with Gasteiger partial charge in [0.15, 0.2) is 0 Å². The largest absolute Gasteiger partial charge is 0.456 e. The number of halogens is 5. The molecule has 1 unspecified atom stereocenters. The van der Waals surface area contributed by atoms with Crippen LogP contribution < -0.4 is 0 Å². The Morgan fingerprint density at radius 2 is 1.23 bits per heavy atom. The molecule has 1 aliphatic rings. The third kappa shape index (κ3) is 5.17. The van der Waals surface area contributed by atoms with E-state index in [2.05, 4.69) is 29.2 Å². The van der Waals surface area contributed by atoms with Crippen molar-refractivity contribution in [3.05, 3.63) is 71.8 Å². The Morgan fingerprint density at radius 3 is 1.67 bits per heavy atom. The van der Waals surface area contributed by atoms with Crippen LogP contribution in [0.3, 0.4) is 0 Å². The number of aliphatic hydroxyl groups excluding tert-OH is 1. The van der Waals surface area contributed by atoms with E-state index in [1.54, 1.807) is 0 Å². The Hall–Kier alpha value is -2.03. The SMILES string of the molecule is OC(CCN1CCN(C(c2ccccc2)c2ccccc2)CC1)C(F)(F)C(F)(F)F. The molecule has 1 fully saturated rings. The third-order valence-corrected chi connectivity index (χ3v) is 5.52. The van der Waals surface area contributed by atoms with Crippen molar-refractivity contribution >= 4 is 0 Å². The quantitative estimate of drug-likeness (QED) is 0.665. The number of rotatable bonds is 7. The maximum atomic E-state index is 13.2. The van der Waals surface area contributed by atoms with Gasteiger partial charge >= 0.3 is 12.1 Å². The average molecular weight is 428 g/mol. The van der Waals surface area contributed by atoms with E-state index in [9.17, 15) is 27.1 Å². The Bertz CT molecular complexity index is 738. The lowest BCUT2D eigenvalue weighted by Crippen LogP contribution is -2.51. The van der Waals surface area contributed by atoms with Crippen molar-refractivity contribution in [3.8, 4) is 0 Å². The number of benzene rings is 2. The molecule has 3 nitrogen and oxygen atoms in total. The molecule has 2 aromatic carbocycles. The van der Waals surface area contributed by atoms with Crippen LogP contribution in [0.2, 0.25) is 0 Å². The number of alkyl halides is 5. The molecule has 2 aromatic rings. The molecular weight excluding hydrogens is 403 g/mol. The van der Waals surface area contributed by atoms with Crippen LogP contribution in [0.25, 0.3) is 0 Å². The van der Waals surface area contributed by atoms with E-state index in [1.165, 1.54) is 0 Å². The maximum Gasteiger partial charge on any atom is 0.456 e. The van der Waals surface area contributed by atoms with E-state index in [1.807, 2.05) is 41.3 Å². The first-order valence-electron chi connectivity index (χ1n) is 9.89. The number of piperazine rings is 1. The van der Waals surface area contributed by atoms with Crippen molar-refractivity contribution in [3.63, 3.8) is 0 Å². The molecule has 0 aromatic heterocycles. The zero-order valence-electron chi connectivity index (χ0n) is 16.4. The van der Waals surface area contributed by atoms with Gasteiger partial charge in [0.2, 0.25) is 0 Å². The molecule has 1 heterocycles. The number of hydrogen-bond acceptors (Lipinski definition) is 3. The lowest BCUT2D eigenvalue weighted by molar-refractivity contribution is -0.313. The Balaban J connectivity index is 1.61. The minimum absolute atomic E-state index is 0.0119. The van der Waals surface area contributed by atoms with Crippen LogP contribution in [-0.4, -0.2) is 65.8 Å². The summed E-state index contributed by atoms with van der Waals surface area (Å²) < 4.78 is 63.6. The monoisotopic (exact) mass is 428 g/mol. The molecule has 1 aliphatic heterocycles. The second kappa shape index (κ2) is 9.41. The molecule has 1 saturated heterocycles. The molecule has 0 bridgehead atoms. The zero-order valence-corrected chi connectivity index (χ0v) is 16.4. The van der Waals surface area contributed by atoms with Gasteiger partial charge < -0.3 is 10.0 Å². The van der Waals surface area contributed by atoms with Gasteiger partial charge in [0.25, 0.3) is 0 Å². The highest BCUT2D eigenvalue weighted by atomic mass is 19.4. The first-order chi connectivity index (χ1) is 14.2. The smallest absolute Gasteiger partial charge is 0.386 e. The summed E-state index contributed by atoms with van der Waals surface area (Å²) in [6.07, 6.45) is -9.12. The van der Waals surface area contributed by atoms with Crippen molar-refractivity contribution in [2.24, 2.45) is 0 Å². The highest BCUT2D eigenvalue weighted by Gasteiger charge is 2.61. The van der Waals surface area contributed by atoms with Crippen LogP contribution in [0.1, 0.15) is 23.6 Å². The van der Waals surface area contributed by atoms with Crippen LogP contribution in [0.15, 0.2) is 60.7 Å². The van der Waals surface area contributed by atoms with E-state index in [0.29, 0.717) is 26.2 Å². The molecule has 0 saturated carbocycles. The second-order valence-corrected chi connectivity index (χ2v) is 7.53. The van der Waals surface area contributed by atoms with Crippen LogP contribution in [-0.2, 0) is 0 Å². The van der Waals surface area contributed by atoms with Gasteiger partial charge in [0.05, 0.1) is 6.04 Å². The highest BCUT2D eigenvalue weighted by Crippen LogP contribution is 2.39. The first-order valence-corrected chi connectivity index (χ1v) is 9.89. The molecule has 1 atom stereocenters. The predicted molar refractivity (Wildman–Crippen MR) is 104 cm³/mol. The van der Waals surface area contributed by atoms with E-state index < -0.39 is 24.6 Å². The van der Waals surface area contributed by atoms with Crippen LogP contribution in [0.4, 0.5) is 22.0 Å². The van der Waals surface area contributed by atoms with Gasteiger partial charge in [-0.3, -0.25) is 4.90 Å². The fourth-order valence-electron chi connectivity index (χ4n) is 3.80. The van der Waals surface area contributed by atoms with Crippen molar-refractivity contribution < 1.29 is 27.1 Å². The zero-order chi connectivity index (χ0) is 21.8. The molecular formula is C22H25F5N2O. The molecule has 0 spiro atoms. The minimum Gasteiger partial charge on any atom is -0.386 e. The average Bonchev–Trinajstić information content (AvgIpc) is 2.74. The highest BCUT2D eigenvalue weighted by molar-refractivity contribution is 5.31. The number of nitrogens with zero attached hydrogens (tertiary/aromatic N) is 2. The molecule has 164 valence electrons. The lowest BCUT2D eigenvalue weighted by atomic mass is 9.96. The van der Waals surface area contributed by atoms with Gasteiger partial charge in [-0.25, -0.2) is 0 Å². The molecule has 30 heavy (non-hydrogen) atoms. The molecule has 0 amide bonds. The minimum atomic E-state index is -5.75. The topological polar surface area (TPSA) is 26.7 Å². The summed E-state index contributed by atoms with van der Waals surface area (Å²) in [7, 11) is 0. The normalized spacial score (nSPS) is 18.0. The third-order valence-electron chi connectivity index (χ3n) is 5.52. The summed E-state index contributed by atoms with van der Waals surface area (Å²) in [5.74, 6) is -5.10. The van der Waals surface area contributed by atoms with Crippen LogP contribution >= 0.6 is 0 Å². The Labute approximate surface area is 172 Å². The van der Waals surface area contributed by atoms with Gasteiger partial charge in [-0.05, 0) is 17.5 Å². The summed E-state index contributed by atoms with van der Waals surface area (Å²) in [6.45, 7) is 2.32. The Kier molecular flexibility index (Phi) is 7.10. The molecule has 3 rings (SSSR count). The molecule has 0 aliphatic carbocycles. The molecule has 1 N–H and O–H groups in total. The number of hydrogen-bond donors (Lipinski definition) is 1. The first kappa shape index (κ1) is 22.7. The molecule has 8 heteroatoms. The van der Waals surface area contributed by atoms with Crippen molar-refractivity contribution in [2.45, 2.75) is 30.7 Å². The van der Waals surface area contributed by atoms with Gasteiger partial charge in [-0.2, -0.15) is 22.0 Å². The summed E-state index contributed by atoms with van der Waals surface area (Å²) in [6, 6.07) is 20.1. The maximum absolute atomic E-state index is 13.2. The van der Waals surface area contributed by atoms with Gasteiger partial charge in [0.1, 0.15) is 6.10 Å². The summed E-state index contributed by atoms with van der Waals surface area (Å²) in [5.41, 5.74) is 2.27. The Morgan fingerprint density at radius 1 is 0.767 bits per heavy atom. The fourth-order valence-corrected chi connectivity index (χ4v) is 3.80. The van der Waals surface area contributed by atoms with Gasteiger partial charge in [-0.15, -0.1) is 0 Å². The van der Waals surface area contributed by atoms with Crippen LogP contribution in [0.5, 0.6) is 0 Å². The van der Waals surface area contributed by atoms with Crippen molar-refractivity contribution in [1.29, 1.82) is 0 Å². The standard InChI is InChI=1S/C22H25F5N2O/c23-21(24,22(25,26)27)19(30)11-12-28-13-15-29(16-14-28)20(17-7-3-1-4-8-17)18-9-5-2-6-10-18/h1-10,19-20,30H,11-16H2. The molecule has 0 radical (unpaired) electrons.